The topological polar surface area (TPSA) is 69.0 Å². The van der Waals surface area contributed by atoms with E-state index in [2.05, 4.69) is 15.4 Å². The number of hydroxylamine groups is 1. The van der Waals surface area contributed by atoms with Crippen molar-refractivity contribution in [2.75, 3.05) is 0 Å². The number of hydrogen-bond donors (Lipinski definition) is 1. The Morgan fingerprint density at radius 3 is 2.63 bits per heavy atom. The van der Waals surface area contributed by atoms with Crippen LogP contribution in [0, 0.1) is 5.82 Å². The predicted molar refractivity (Wildman–Crippen MR) is 97.6 cm³/mol. The Bertz CT molecular complexity index is 1080. The van der Waals surface area contributed by atoms with Crippen LogP contribution in [0.1, 0.15) is 16.1 Å². The smallest absolute Gasteiger partial charge is 0.302 e. The van der Waals surface area contributed by atoms with Crippen LogP contribution < -0.4 is 10.3 Å². The molecule has 0 atom stereocenters. The van der Waals surface area contributed by atoms with Gasteiger partial charge in [0.05, 0.1) is 18.0 Å². The Kier molecular flexibility index (Phi) is 4.49. The molecular weight excluding hydrogens is 347 g/mol. The van der Waals surface area contributed by atoms with Gasteiger partial charge in [0.25, 0.3) is 0 Å². The monoisotopic (exact) mass is 362 g/mol. The van der Waals surface area contributed by atoms with E-state index in [-0.39, 0.29) is 11.5 Å². The van der Waals surface area contributed by atoms with Gasteiger partial charge in [0.2, 0.25) is 0 Å². The van der Waals surface area contributed by atoms with Crippen LogP contribution in [0.2, 0.25) is 0 Å². The van der Waals surface area contributed by atoms with Gasteiger partial charge in [-0.05, 0) is 35.9 Å². The number of pyridine rings is 1. The first kappa shape index (κ1) is 16.7. The van der Waals surface area contributed by atoms with Gasteiger partial charge in [-0.15, -0.1) is 0 Å². The lowest BCUT2D eigenvalue weighted by atomic mass is 10.2. The van der Waals surface area contributed by atoms with Crippen LogP contribution in [0.5, 0.6) is 5.75 Å². The van der Waals surface area contributed by atoms with Crippen molar-refractivity contribution in [3.05, 3.63) is 90.3 Å². The molecular formula is C20H15FN4O2. The van der Waals surface area contributed by atoms with Crippen molar-refractivity contribution in [3.8, 4) is 5.75 Å². The molecule has 1 amide bonds. The van der Waals surface area contributed by atoms with Crippen LogP contribution in [-0.2, 0) is 6.54 Å². The Morgan fingerprint density at radius 1 is 1.07 bits per heavy atom. The third-order valence-electron chi connectivity index (χ3n) is 4.01. The highest BCUT2D eigenvalue weighted by atomic mass is 19.1. The molecule has 6 nitrogen and oxygen atoms in total. The number of rotatable bonds is 5. The van der Waals surface area contributed by atoms with Crippen LogP contribution in [0.15, 0.2) is 73.2 Å². The van der Waals surface area contributed by atoms with E-state index >= 15 is 0 Å². The zero-order valence-electron chi connectivity index (χ0n) is 14.2. The number of nitrogens with one attached hydrogen (secondary N) is 1. The minimum absolute atomic E-state index is 0.208. The fourth-order valence-corrected chi connectivity index (χ4v) is 2.64. The normalized spacial score (nSPS) is 10.7. The molecule has 2 aromatic heterocycles. The van der Waals surface area contributed by atoms with Gasteiger partial charge in [-0.3, -0.25) is 4.79 Å². The number of halogens is 1. The first-order chi connectivity index (χ1) is 13.2. The highest BCUT2D eigenvalue weighted by molar-refractivity contribution is 5.94. The fraction of sp³-hybridized carbons (Fsp3) is 0.0500. The van der Waals surface area contributed by atoms with Crippen LogP contribution in [0.4, 0.5) is 4.39 Å². The Morgan fingerprint density at radius 2 is 1.85 bits per heavy atom. The third kappa shape index (κ3) is 3.77. The molecule has 4 rings (SSSR count). The Balaban J connectivity index is 1.54. The lowest BCUT2D eigenvalue weighted by Crippen LogP contribution is -2.27. The maximum atomic E-state index is 13.1. The number of aromatic nitrogens is 3. The van der Waals surface area contributed by atoms with Crippen molar-refractivity contribution >= 4 is 16.9 Å². The molecule has 2 heterocycles. The second kappa shape index (κ2) is 7.25. The summed E-state index contributed by atoms with van der Waals surface area (Å²) in [6.07, 6.45) is 3.20. The highest BCUT2D eigenvalue weighted by Crippen LogP contribution is 2.16. The molecule has 0 spiro atoms. The zero-order valence-corrected chi connectivity index (χ0v) is 14.2. The van der Waals surface area contributed by atoms with Gasteiger partial charge in [-0.25, -0.2) is 14.4 Å². The number of carbonyl (C=O) groups excluding carboxylic acids is 1. The average Bonchev–Trinajstić information content (AvgIpc) is 3.11. The van der Waals surface area contributed by atoms with Gasteiger partial charge in [0.1, 0.15) is 17.0 Å². The van der Waals surface area contributed by atoms with Crippen molar-refractivity contribution in [2.24, 2.45) is 0 Å². The van der Waals surface area contributed by atoms with Crippen LogP contribution in [0.3, 0.4) is 0 Å². The molecule has 1 N–H and O–H groups in total. The Hall–Kier alpha value is -3.74. The summed E-state index contributed by atoms with van der Waals surface area (Å²) in [4.78, 5) is 26.0. The highest BCUT2D eigenvalue weighted by Gasteiger charge is 2.12. The van der Waals surface area contributed by atoms with Crippen molar-refractivity contribution in [3.63, 3.8) is 0 Å². The summed E-state index contributed by atoms with van der Waals surface area (Å²) in [5.41, 5.74) is 4.92. The summed E-state index contributed by atoms with van der Waals surface area (Å²) in [5, 5.41) is 0. The van der Waals surface area contributed by atoms with E-state index in [1.165, 1.54) is 18.3 Å². The molecule has 0 radical (unpaired) electrons. The van der Waals surface area contributed by atoms with Gasteiger partial charge in [-0.1, -0.05) is 30.3 Å². The van der Waals surface area contributed by atoms with Crippen LogP contribution in [-0.4, -0.2) is 20.4 Å². The maximum Gasteiger partial charge on any atom is 0.302 e. The van der Waals surface area contributed by atoms with Gasteiger partial charge < -0.3 is 9.40 Å². The maximum absolute atomic E-state index is 13.1. The number of amides is 1. The van der Waals surface area contributed by atoms with Gasteiger partial charge >= 0.3 is 5.91 Å². The van der Waals surface area contributed by atoms with Gasteiger partial charge in [-0.2, -0.15) is 5.48 Å². The standard InChI is InChI=1S/C20H15FN4O2/c21-15-8-6-14(7-9-15)12-25-13-23-18-11-22-17(10-19(18)25)20(26)24-27-16-4-2-1-3-5-16/h1-11,13H,12H2,(H,24,26). The second-order valence-electron chi connectivity index (χ2n) is 5.90. The van der Waals surface area contributed by atoms with Gasteiger partial charge in [0.15, 0.2) is 5.75 Å². The van der Waals surface area contributed by atoms with E-state index in [0.29, 0.717) is 17.8 Å². The lowest BCUT2D eigenvalue weighted by molar-refractivity contribution is 0.0754. The van der Waals surface area contributed by atoms with Gasteiger partial charge in [0, 0.05) is 6.54 Å². The molecule has 134 valence electrons. The number of carbonyl (C=O) groups is 1. The van der Waals surface area contributed by atoms with Crippen LogP contribution >= 0.6 is 0 Å². The first-order valence-electron chi connectivity index (χ1n) is 8.26. The molecule has 2 aromatic carbocycles. The molecule has 0 unspecified atom stereocenters. The van der Waals surface area contributed by atoms with E-state index in [4.69, 9.17) is 4.84 Å². The summed E-state index contributed by atoms with van der Waals surface area (Å²) in [6, 6.07) is 16.8. The van der Waals surface area contributed by atoms with Crippen LogP contribution in [0.25, 0.3) is 11.0 Å². The first-order valence-corrected chi connectivity index (χ1v) is 8.26. The third-order valence-corrected chi connectivity index (χ3v) is 4.01. The zero-order chi connectivity index (χ0) is 18.6. The molecule has 0 saturated carbocycles. The van der Waals surface area contributed by atoms with Crippen molar-refractivity contribution in [1.82, 2.24) is 20.0 Å². The summed E-state index contributed by atoms with van der Waals surface area (Å²) in [5.74, 6) is -0.223. The molecule has 0 aliphatic carbocycles. The molecule has 7 heteroatoms. The number of fused-ring (bicyclic) bond motifs is 1. The SMILES string of the molecule is O=C(NOc1ccccc1)c1cc2c(cn1)ncn2Cc1ccc(F)cc1. The van der Waals surface area contributed by atoms with Crippen molar-refractivity contribution < 1.29 is 14.0 Å². The number of para-hydroxylation sites is 1. The molecule has 4 aromatic rings. The Labute approximate surface area is 154 Å². The van der Waals surface area contributed by atoms with E-state index in [1.807, 2.05) is 10.6 Å². The molecule has 0 bridgehead atoms. The van der Waals surface area contributed by atoms with Crippen molar-refractivity contribution in [2.45, 2.75) is 6.54 Å². The minimum atomic E-state index is -0.463. The average molecular weight is 362 g/mol. The van der Waals surface area contributed by atoms with E-state index in [9.17, 15) is 9.18 Å². The molecule has 0 fully saturated rings. The second-order valence-corrected chi connectivity index (χ2v) is 5.90. The largest absolute Gasteiger partial charge is 0.379 e. The summed E-state index contributed by atoms with van der Waals surface area (Å²) in [7, 11) is 0. The minimum Gasteiger partial charge on any atom is -0.379 e. The number of hydrogen-bond acceptors (Lipinski definition) is 4. The molecule has 27 heavy (non-hydrogen) atoms. The summed E-state index contributed by atoms with van der Waals surface area (Å²) < 4.78 is 14.9. The summed E-state index contributed by atoms with van der Waals surface area (Å²) in [6.45, 7) is 0.502. The molecule has 0 saturated heterocycles. The number of nitrogens with zero attached hydrogens (tertiary/aromatic N) is 3. The number of benzene rings is 2. The summed E-state index contributed by atoms with van der Waals surface area (Å²) >= 11 is 0. The fourth-order valence-electron chi connectivity index (χ4n) is 2.64. The quantitative estimate of drug-likeness (QED) is 0.553. The molecule has 0 aliphatic heterocycles. The van der Waals surface area contributed by atoms with E-state index < -0.39 is 5.91 Å². The predicted octanol–water partition coefficient (Wildman–Crippen LogP) is 3.34. The number of imidazole rings is 1. The lowest BCUT2D eigenvalue weighted by Gasteiger charge is -2.07. The molecule has 0 aliphatic rings. The van der Waals surface area contributed by atoms with Crippen molar-refractivity contribution in [1.29, 1.82) is 0 Å². The van der Waals surface area contributed by atoms with E-state index in [1.54, 1.807) is 48.8 Å². The van der Waals surface area contributed by atoms with E-state index in [0.717, 1.165) is 11.1 Å².